The van der Waals surface area contributed by atoms with Crippen LogP contribution < -0.4 is 0 Å². The molecule has 0 radical (unpaired) electrons. The average molecular weight is 211 g/mol. The van der Waals surface area contributed by atoms with Crippen molar-refractivity contribution in [2.45, 2.75) is 19.1 Å². The van der Waals surface area contributed by atoms with E-state index in [-0.39, 0.29) is 17.9 Å². The first-order valence-electron chi connectivity index (χ1n) is 4.85. The van der Waals surface area contributed by atoms with E-state index in [4.69, 9.17) is 14.0 Å². The Hall–Kier alpha value is -1.33. The summed E-state index contributed by atoms with van der Waals surface area (Å²) in [4.78, 5) is 16.9. The zero-order chi connectivity index (χ0) is 10.7. The fourth-order valence-corrected chi connectivity index (χ4v) is 1.59. The maximum Gasteiger partial charge on any atom is 0.315 e. The van der Waals surface area contributed by atoms with Crippen molar-refractivity contribution in [3.05, 3.63) is 24.2 Å². The average Bonchev–Trinajstić information content (AvgIpc) is 2.91. The van der Waals surface area contributed by atoms with E-state index < -0.39 is 0 Å². The number of hydrogen-bond donors (Lipinski definition) is 0. The van der Waals surface area contributed by atoms with Crippen molar-refractivity contribution in [1.29, 1.82) is 0 Å². The molecule has 0 aromatic carbocycles. The van der Waals surface area contributed by atoms with Crippen LogP contribution in [-0.4, -0.2) is 30.9 Å². The molecule has 5 nitrogen and oxygen atoms in total. The van der Waals surface area contributed by atoms with Gasteiger partial charge in [0, 0.05) is 6.61 Å². The van der Waals surface area contributed by atoms with Crippen LogP contribution in [0.1, 0.15) is 23.4 Å². The van der Waals surface area contributed by atoms with Crippen molar-refractivity contribution in [2.24, 2.45) is 0 Å². The normalized spacial score (nSPS) is 20.5. The molecule has 5 heteroatoms. The lowest BCUT2D eigenvalue weighted by atomic mass is 10.3. The highest BCUT2D eigenvalue weighted by atomic mass is 16.7. The van der Waals surface area contributed by atoms with Gasteiger partial charge in [-0.3, -0.25) is 9.63 Å². The summed E-state index contributed by atoms with van der Waals surface area (Å²) >= 11 is 0. The van der Waals surface area contributed by atoms with Crippen LogP contribution in [0.25, 0.3) is 0 Å². The zero-order valence-corrected chi connectivity index (χ0v) is 8.51. The van der Waals surface area contributed by atoms with Crippen molar-refractivity contribution in [3.63, 3.8) is 0 Å². The lowest BCUT2D eigenvalue weighted by Gasteiger charge is -2.24. The Labute approximate surface area is 87.5 Å². The molecule has 0 spiro atoms. The number of carbonyl (C=O) groups is 1. The second kappa shape index (κ2) is 4.46. The van der Waals surface area contributed by atoms with Gasteiger partial charge in [0.05, 0.1) is 13.4 Å². The minimum Gasteiger partial charge on any atom is -0.459 e. The standard InChI is InChI=1S/C10H13NO4/c1-13-11(9-5-3-7-15-9)10(12)8-4-2-6-14-8/h2,4,6,9H,3,5,7H2,1H3/t9-/m0/s1. The number of hydroxylamine groups is 2. The summed E-state index contributed by atoms with van der Waals surface area (Å²) in [6.07, 6.45) is 2.89. The molecule has 1 aromatic rings. The summed E-state index contributed by atoms with van der Waals surface area (Å²) < 4.78 is 10.4. The molecule has 0 saturated carbocycles. The number of furan rings is 1. The van der Waals surface area contributed by atoms with Gasteiger partial charge in [0.1, 0.15) is 0 Å². The molecule has 1 aromatic heterocycles. The molecule has 0 aliphatic carbocycles. The van der Waals surface area contributed by atoms with E-state index in [1.54, 1.807) is 12.1 Å². The van der Waals surface area contributed by atoms with Crippen LogP contribution in [0.4, 0.5) is 0 Å². The SMILES string of the molecule is CON(C(=O)c1ccco1)[C@@H]1CCCO1. The summed E-state index contributed by atoms with van der Waals surface area (Å²) in [5.74, 6) is -0.0539. The lowest BCUT2D eigenvalue weighted by Crippen LogP contribution is -2.38. The highest BCUT2D eigenvalue weighted by Crippen LogP contribution is 2.19. The predicted molar refractivity (Wildman–Crippen MR) is 50.9 cm³/mol. The van der Waals surface area contributed by atoms with Gasteiger partial charge in [0.2, 0.25) is 0 Å². The van der Waals surface area contributed by atoms with Gasteiger partial charge < -0.3 is 9.15 Å². The predicted octanol–water partition coefficient (Wildman–Crippen LogP) is 1.42. The molecule has 1 aliphatic rings. The number of nitrogens with zero attached hydrogens (tertiary/aromatic N) is 1. The van der Waals surface area contributed by atoms with Gasteiger partial charge in [0.25, 0.3) is 0 Å². The quantitative estimate of drug-likeness (QED) is 0.709. The fraction of sp³-hybridized carbons (Fsp3) is 0.500. The molecule has 1 aliphatic heterocycles. The van der Waals surface area contributed by atoms with Crippen LogP contribution in [0, 0.1) is 0 Å². The molecule has 2 rings (SSSR count). The van der Waals surface area contributed by atoms with E-state index >= 15 is 0 Å². The van der Waals surface area contributed by atoms with Crippen LogP contribution in [0.3, 0.4) is 0 Å². The third kappa shape index (κ3) is 2.03. The van der Waals surface area contributed by atoms with Crippen molar-refractivity contribution in [2.75, 3.05) is 13.7 Å². The maximum absolute atomic E-state index is 11.9. The second-order valence-corrected chi connectivity index (χ2v) is 3.26. The topological polar surface area (TPSA) is 51.9 Å². The number of ether oxygens (including phenoxy) is 1. The second-order valence-electron chi connectivity index (χ2n) is 3.26. The van der Waals surface area contributed by atoms with Gasteiger partial charge in [-0.05, 0) is 25.0 Å². The van der Waals surface area contributed by atoms with E-state index in [0.717, 1.165) is 12.8 Å². The molecule has 0 bridgehead atoms. The van der Waals surface area contributed by atoms with Crippen LogP contribution >= 0.6 is 0 Å². The summed E-state index contributed by atoms with van der Waals surface area (Å²) in [6.45, 7) is 0.663. The van der Waals surface area contributed by atoms with Gasteiger partial charge in [-0.1, -0.05) is 0 Å². The van der Waals surface area contributed by atoms with Crippen molar-refractivity contribution < 1.29 is 18.8 Å². The third-order valence-electron chi connectivity index (χ3n) is 2.30. The highest BCUT2D eigenvalue weighted by molar-refractivity contribution is 5.90. The Morgan fingerprint density at radius 1 is 1.67 bits per heavy atom. The van der Waals surface area contributed by atoms with Gasteiger partial charge in [-0.2, -0.15) is 5.06 Å². The molecule has 82 valence electrons. The Morgan fingerprint density at radius 3 is 3.07 bits per heavy atom. The number of carbonyl (C=O) groups excluding carboxylic acids is 1. The molecule has 1 fully saturated rings. The van der Waals surface area contributed by atoms with Gasteiger partial charge in [-0.15, -0.1) is 0 Å². The first-order valence-corrected chi connectivity index (χ1v) is 4.85. The van der Waals surface area contributed by atoms with E-state index in [9.17, 15) is 4.79 Å². The Morgan fingerprint density at radius 2 is 2.53 bits per heavy atom. The third-order valence-corrected chi connectivity index (χ3v) is 2.30. The van der Waals surface area contributed by atoms with Crippen molar-refractivity contribution >= 4 is 5.91 Å². The molecule has 15 heavy (non-hydrogen) atoms. The van der Waals surface area contributed by atoms with Gasteiger partial charge in [0.15, 0.2) is 12.0 Å². The Kier molecular flexibility index (Phi) is 3.03. The summed E-state index contributed by atoms with van der Waals surface area (Å²) in [7, 11) is 1.45. The first-order chi connectivity index (χ1) is 7.33. The summed E-state index contributed by atoms with van der Waals surface area (Å²) in [5.41, 5.74) is 0. The van der Waals surface area contributed by atoms with E-state index in [0.29, 0.717) is 6.61 Å². The van der Waals surface area contributed by atoms with E-state index in [1.807, 2.05) is 0 Å². The van der Waals surface area contributed by atoms with Gasteiger partial charge in [-0.25, -0.2) is 0 Å². The van der Waals surface area contributed by atoms with Crippen molar-refractivity contribution in [1.82, 2.24) is 5.06 Å². The maximum atomic E-state index is 11.9. The summed E-state index contributed by atoms with van der Waals surface area (Å²) in [6, 6.07) is 3.26. The molecule has 0 N–H and O–H groups in total. The van der Waals surface area contributed by atoms with E-state index in [2.05, 4.69) is 0 Å². The molecule has 0 unspecified atom stereocenters. The number of rotatable bonds is 3. The minimum atomic E-state index is -0.311. The lowest BCUT2D eigenvalue weighted by molar-refractivity contribution is -0.187. The molecule has 1 saturated heterocycles. The smallest absolute Gasteiger partial charge is 0.315 e. The zero-order valence-electron chi connectivity index (χ0n) is 8.51. The minimum absolute atomic E-state index is 0.257. The monoisotopic (exact) mass is 211 g/mol. The highest BCUT2D eigenvalue weighted by Gasteiger charge is 2.30. The molecule has 2 heterocycles. The molecule has 1 atom stereocenters. The number of amides is 1. The largest absolute Gasteiger partial charge is 0.459 e. The summed E-state index contributed by atoms with van der Waals surface area (Å²) in [5, 5.41) is 1.21. The first kappa shape index (κ1) is 10.2. The Balaban J connectivity index is 2.09. The fourth-order valence-electron chi connectivity index (χ4n) is 1.59. The molecule has 1 amide bonds. The molecular formula is C10H13NO4. The number of hydrogen-bond acceptors (Lipinski definition) is 4. The van der Waals surface area contributed by atoms with Gasteiger partial charge >= 0.3 is 5.91 Å². The van der Waals surface area contributed by atoms with Crippen LogP contribution in [0.5, 0.6) is 0 Å². The van der Waals surface area contributed by atoms with Crippen LogP contribution in [0.2, 0.25) is 0 Å². The Bertz CT molecular complexity index is 316. The molecular weight excluding hydrogens is 198 g/mol. The van der Waals surface area contributed by atoms with E-state index in [1.165, 1.54) is 18.4 Å². The van der Waals surface area contributed by atoms with Crippen molar-refractivity contribution in [3.8, 4) is 0 Å². The van der Waals surface area contributed by atoms with Crippen LogP contribution in [-0.2, 0) is 9.57 Å². The van der Waals surface area contributed by atoms with Crippen LogP contribution in [0.15, 0.2) is 22.8 Å².